The van der Waals surface area contributed by atoms with Crippen LogP contribution in [0.15, 0.2) is 22.7 Å². The summed E-state index contributed by atoms with van der Waals surface area (Å²) >= 11 is 4.75. The number of hydrogen-bond acceptors (Lipinski definition) is 4. The molecule has 1 fully saturated rings. The third-order valence-corrected chi connectivity index (χ3v) is 4.89. The molecule has 1 aliphatic rings. The molecule has 1 aromatic carbocycles. The standard InChI is InChI=1S/C13H12BrN3O2S/c14-6-1-2-9-8(3-6)11(15)12(20-9)13(19)17-7-4-10(18)16-5-7/h1-3,7H,4-5,15H2,(H,16,18)(H,17,19). The molecule has 3 rings (SSSR count). The Labute approximate surface area is 127 Å². The normalized spacial score (nSPS) is 18.2. The molecule has 0 aliphatic carbocycles. The van der Waals surface area contributed by atoms with Crippen LogP contribution in [0.3, 0.4) is 0 Å². The lowest BCUT2D eigenvalue weighted by Crippen LogP contribution is -2.36. The Morgan fingerprint density at radius 1 is 1.50 bits per heavy atom. The number of halogens is 1. The summed E-state index contributed by atoms with van der Waals surface area (Å²) in [5.74, 6) is -0.259. The van der Waals surface area contributed by atoms with Crippen LogP contribution in [-0.2, 0) is 4.79 Å². The van der Waals surface area contributed by atoms with Crippen molar-refractivity contribution in [2.45, 2.75) is 12.5 Å². The Hall–Kier alpha value is -1.60. The fraction of sp³-hybridized carbons (Fsp3) is 0.231. The van der Waals surface area contributed by atoms with E-state index in [2.05, 4.69) is 26.6 Å². The van der Waals surface area contributed by atoms with Crippen LogP contribution >= 0.6 is 27.3 Å². The minimum atomic E-state index is -0.221. The van der Waals surface area contributed by atoms with Gasteiger partial charge in [0, 0.05) is 27.5 Å². The van der Waals surface area contributed by atoms with E-state index in [0.717, 1.165) is 14.6 Å². The van der Waals surface area contributed by atoms with Gasteiger partial charge in [0.2, 0.25) is 5.91 Å². The van der Waals surface area contributed by atoms with Crippen molar-refractivity contribution in [3.63, 3.8) is 0 Å². The molecule has 0 bridgehead atoms. The number of hydrogen-bond donors (Lipinski definition) is 3. The fourth-order valence-corrected chi connectivity index (χ4v) is 3.58. The van der Waals surface area contributed by atoms with E-state index in [4.69, 9.17) is 5.73 Å². The maximum absolute atomic E-state index is 12.3. The molecular weight excluding hydrogens is 342 g/mol. The number of benzene rings is 1. The van der Waals surface area contributed by atoms with Gasteiger partial charge in [-0.15, -0.1) is 11.3 Å². The van der Waals surface area contributed by atoms with Crippen molar-refractivity contribution in [1.29, 1.82) is 0 Å². The lowest BCUT2D eigenvalue weighted by molar-refractivity contribution is -0.119. The van der Waals surface area contributed by atoms with Gasteiger partial charge in [-0.05, 0) is 18.2 Å². The molecule has 0 radical (unpaired) electrons. The molecule has 5 nitrogen and oxygen atoms in total. The highest BCUT2D eigenvalue weighted by Gasteiger charge is 2.25. The monoisotopic (exact) mass is 353 g/mol. The zero-order valence-corrected chi connectivity index (χ0v) is 12.8. The number of anilines is 1. The Balaban J connectivity index is 1.88. The van der Waals surface area contributed by atoms with E-state index in [1.54, 1.807) is 0 Å². The van der Waals surface area contributed by atoms with Gasteiger partial charge in [0.15, 0.2) is 0 Å². The number of carbonyl (C=O) groups is 2. The number of thiophene rings is 1. The number of amides is 2. The maximum Gasteiger partial charge on any atom is 0.263 e. The van der Waals surface area contributed by atoms with Crippen molar-refractivity contribution < 1.29 is 9.59 Å². The summed E-state index contributed by atoms with van der Waals surface area (Å²) in [7, 11) is 0. The second-order valence-corrected chi connectivity index (χ2v) is 6.63. The number of nitrogens with two attached hydrogens (primary N) is 1. The van der Waals surface area contributed by atoms with Crippen molar-refractivity contribution in [1.82, 2.24) is 10.6 Å². The molecule has 2 amide bonds. The molecule has 2 heterocycles. The molecule has 2 aromatic rings. The van der Waals surface area contributed by atoms with Crippen LogP contribution in [0, 0.1) is 0 Å². The van der Waals surface area contributed by atoms with Gasteiger partial charge in [-0.2, -0.15) is 0 Å². The van der Waals surface area contributed by atoms with E-state index in [0.29, 0.717) is 23.5 Å². The molecular formula is C13H12BrN3O2S. The van der Waals surface area contributed by atoms with Crippen LogP contribution in [0.4, 0.5) is 5.69 Å². The lowest BCUT2D eigenvalue weighted by atomic mass is 10.2. The zero-order valence-electron chi connectivity index (χ0n) is 10.4. The van der Waals surface area contributed by atoms with Gasteiger partial charge in [-0.25, -0.2) is 0 Å². The SMILES string of the molecule is Nc1c(C(=O)NC2CNC(=O)C2)sc2ccc(Br)cc12. The molecule has 4 N–H and O–H groups in total. The van der Waals surface area contributed by atoms with Crippen LogP contribution < -0.4 is 16.4 Å². The second-order valence-electron chi connectivity index (χ2n) is 4.66. The summed E-state index contributed by atoms with van der Waals surface area (Å²) in [5.41, 5.74) is 6.54. The largest absolute Gasteiger partial charge is 0.397 e. The van der Waals surface area contributed by atoms with E-state index in [1.165, 1.54) is 11.3 Å². The molecule has 1 saturated heterocycles. The van der Waals surface area contributed by atoms with Crippen molar-refractivity contribution in [2.75, 3.05) is 12.3 Å². The highest BCUT2D eigenvalue weighted by molar-refractivity contribution is 9.10. The minimum absolute atomic E-state index is 0.0384. The summed E-state index contributed by atoms with van der Waals surface area (Å²) < 4.78 is 1.89. The molecule has 1 aliphatic heterocycles. The second kappa shape index (κ2) is 5.06. The zero-order chi connectivity index (χ0) is 14.3. The van der Waals surface area contributed by atoms with E-state index < -0.39 is 0 Å². The van der Waals surface area contributed by atoms with Crippen LogP contribution in [-0.4, -0.2) is 24.4 Å². The molecule has 0 spiro atoms. The fourth-order valence-electron chi connectivity index (χ4n) is 2.22. The minimum Gasteiger partial charge on any atom is -0.397 e. The number of rotatable bonds is 2. The van der Waals surface area contributed by atoms with Crippen LogP contribution in [0.5, 0.6) is 0 Å². The number of carbonyl (C=O) groups excluding carboxylic acids is 2. The van der Waals surface area contributed by atoms with Crippen molar-refractivity contribution in [3.05, 3.63) is 27.5 Å². The topological polar surface area (TPSA) is 84.2 Å². The molecule has 7 heteroatoms. The Morgan fingerprint density at radius 2 is 2.30 bits per heavy atom. The van der Waals surface area contributed by atoms with Crippen LogP contribution in [0.25, 0.3) is 10.1 Å². The van der Waals surface area contributed by atoms with Gasteiger partial charge in [-0.1, -0.05) is 15.9 Å². The molecule has 1 aromatic heterocycles. The number of nitrogens with one attached hydrogen (secondary N) is 2. The summed E-state index contributed by atoms with van der Waals surface area (Å²) in [6.07, 6.45) is 0.322. The first-order valence-electron chi connectivity index (χ1n) is 6.09. The van der Waals surface area contributed by atoms with Gasteiger partial charge in [0.25, 0.3) is 5.91 Å². The Morgan fingerprint density at radius 3 is 3.00 bits per heavy atom. The predicted molar refractivity (Wildman–Crippen MR) is 82.8 cm³/mol. The quantitative estimate of drug-likeness (QED) is 0.770. The third kappa shape index (κ3) is 2.38. The Bertz CT molecular complexity index is 713. The van der Waals surface area contributed by atoms with Crippen LogP contribution in [0.1, 0.15) is 16.1 Å². The summed E-state index contributed by atoms with van der Waals surface area (Å²) in [6, 6.07) is 5.59. The van der Waals surface area contributed by atoms with E-state index in [-0.39, 0.29) is 17.9 Å². The predicted octanol–water partition coefficient (Wildman–Crippen LogP) is 1.86. The van der Waals surface area contributed by atoms with E-state index in [1.807, 2.05) is 18.2 Å². The maximum atomic E-state index is 12.3. The average molecular weight is 354 g/mol. The molecule has 104 valence electrons. The first-order chi connectivity index (χ1) is 9.54. The van der Waals surface area contributed by atoms with Crippen molar-refractivity contribution in [2.24, 2.45) is 0 Å². The number of fused-ring (bicyclic) bond motifs is 1. The first kappa shape index (κ1) is 13.4. The van der Waals surface area contributed by atoms with Gasteiger partial charge in [-0.3, -0.25) is 9.59 Å². The van der Waals surface area contributed by atoms with Gasteiger partial charge >= 0.3 is 0 Å². The van der Waals surface area contributed by atoms with E-state index >= 15 is 0 Å². The highest BCUT2D eigenvalue weighted by atomic mass is 79.9. The molecule has 1 atom stereocenters. The van der Waals surface area contributed by atoms with Crippen molar-refractivity contribution >= 4 is 54.9 Å². The van der Waals surface area contributed by atoms with Crippen molar-refractivity contribution in [3.8, 4) is 0 Å². The summed E-state index contributed by atoms with van der Waals surface area (Å²) in [6.45, 7) is 0.473. The third-order valence-electron chi connectivity index (χ3n) is 3.21. The van der Waals surface area contributed by atoms with Crippen LogP contribution in [0.2, 0.25) is 0 Å². The number of nitrogen functional groups attached to an aromatic ring is 1. The van der Waals surface area contributed by atoms with E-state index in [9.17, 15) is 9.59 Å². The smallest absolute Gasteiger partial charge is 0.263 e. The Kier molecular flexibility index (Phi) is 3.39. The molecule has 0 saturated carbocycles. The molecule has 20 heavy (non-hydrogen) atoms. The summed E-state index contributed by atoms with van der Waals surface area (Å²) in [5, 5.41) is 6.40. The van der Waals surface area contributed by atoms with Gasteiger partial charge in [0.05, 0.1) is 11.7 Å². The first-order valence-corrected chi connectivity index (χ1v) is 7.70. The van der Waals surface area contributed by atoms with Gasteiger partial charge < -0.3 is 16.4 Å². The lowest BCUT2D eigenvalue weighted by Gasteiger charge is -2.09. The molecule has 1 unspecified atom stereocenters. The summed E-state index contributed by atoms with van der Waals surface area (Å²) in [4.78, 5) is 23.9. The highest BCUT2D eigenvalue weighted by Crippen LogP contribution is 2.35. The average Bonchev–Trinajstić information content (AvgIpc) is 2.94. The van der Waals surface area contributed by atoms with Gasteiger partial charge in [0.1, 0.15) is 4.88 Å².